The Bertz CT molecular complexity index is 1390. The molecule has 0 spiro atoms. The third-order valence-corrected chi connectivity index (χ3v) is 5.93. The van der Waals surface area contributed by atoms with Crippen molar-refractivity contribution in [1.29, 1.82) is 0 Å². The number of methoxy groups -OCH3 is 1. The lowest BCUT2D eigenvalue weighted by atomic mass is 9.97. The Morgan fingerprint density at radius 1 is 0.714 bits per heavy atom. The van der Waals surface area contributed by atoms with Gasteiger partial charge in [0, 0.05) is 16.7 Å². The fourth-order valence-electron chi connectivity index (χ4n) is 4.08. The molecule has 1 aliphatic heterocycles. The molecule has 0 saturated heterocycles. The number of rotatable bonds is 6. The van der Waals surface area contributed by atoms with E-state index in [2.05, 4.69) is 60.9 Å². The lowest BCUT2D eigenvalue weighted by Crippen LogP contribution is -2.19. The second-order valence-corrected chi connectivity index (χ2v) is 8.32. The molecule has 0 bridgehead atoms. The van der Waals surface area contributed by atoms with Crippen LogP contribution in [0.15, 0.2) is 101 Å². The van der Waals surface area contributed by atoms with E-state index in [0.29, 0.717) is 12.4 Å². The molecule has 4 aromatic rings. The summed E-state index contributed by atoms with van der Waals surface area (Å²) in [4.78, 5) is 4.92. The number of hydrogen-bond donors (Lipinski definition) is 1. The van der Waals surface area contributed by atoms with E-state index in [4.69, 9.17) is 19.6 Å². The number of benzene rings is 4. The lowest BCUT2D eigenvalue weighted by Gasteiger charge is -2.10. The molecular weight excluding hydrogens is 434 g/mol. The number of nitrogens with one attached hydrogen (secondary N) is 1. The van der Waals surface area contributed by atoms with Crippen LogP contribution >= 0.6 is 0 Å². The maximum Gasteiger partial charge on any atom is 0.154 e. The molecule has 1 aliphatic rings. The van der Waals surface area contributed by atoms with Gasteiger partial charge in [0.05, 0.1) is 25.1 Å². The minimum atomic E-state index is 0.635. The average molecular weight is 462 g/mol. The standard InChI is InChI=1S/C30H27N3O2/c1-4-35-26-16-12-24(13-17-26)30-31-28-18-5-20(2)19-27(28)29(32-33-30)23-8-6-21(7-9-23)22-10-14-25(34-3)15-11-22/h5-19H,4H2,1-3H3,(H,31,33). The fraction of sp³-hybridized carbons (Fsp3) is 0.133. The molecule has 5 rings (SSSR count). The minimum Gasteiger partial charge on any atom is -0.497 e. The molecule has 0 fully saturated rings. The summed E-state index contributed by atoms with van der Waals surface area (Å²) in [7, 11) is 1.68. The third-order valence-electron chi connectivity index (χ3n) is 5.93. The number of hydrogen-bond acceptors (Lipinski definition) is 5. The second kappa shape index (κ2) is 9.85. The molecule has 0 atom stereocenters. The number of amidine groups is 1. The fourth-order valence-corrected chi connectivity index (χ4v) is 4.08. The van der Waals surface area contributed by atoms with Gasteiger partial charge >= 0.3 is 0 Å². The highest BCUT2D eigenvalue weighted by molar-refractivity contribution is 6.18. The van der Waals surface area contributed by atoms with Crippen molar-refractivity contribution < 1.29 is 9.47 Å². The lowest BCUT2D eigenvalue weighted by molar-refractivity contribution is 0.340. The summed E-state index contributed by atoms with van der Waals surface area (Å²) < 4.78 is 10.9. The molecule has 35 heavy (non-hydrogen) atoms. The number of aliphatic imine (C=N–C) groups is 1. The normalized spacial score (nSPS) is 12.5. The zero-order chi connectivity index (χ0) is 24.2. The molecule has 0 unspecified atom stereocenters. The van der Waals surface area contributed by atoms with E-state index >= 15 is 0 Å². The van der Waals surface area contributed by atoms with E-state index in [1.165, 1.54) is 0 Å². The topological polar surface area (TPSA) is 55.2 Å². The first-order valence-corrected chi connectivity index (χ1v) is 11.7. The highest BCUT2D eigenvalue weighted by Crippen LogP contribution is 2.29. The average Bonchev–Trinajstić information content (AvgIpc) is 3.09. The number of aryl methyl sites for hydroxylation is 1. The van der Waals surface area contributed by atoms with Crippen molar-refractivity contribution in [2.45, 2.75) is 13.8 Å². The maximum absolute atomic E-state index is 5.58. The van der Waals surface area contributed by atoms with Crippen molar-refractivity contribution in [3.05, 3.63) is 113 Å². The van der Waals surface area contributed by atoms with Gasteiger partial charge in [0.25, 0.3) is 0 Å². The van der Waals surface area contributed by atoms with Gasteiger partial charge < -0.3 is 9.47 Å². The molecule has 0 aliphatic carbocycles. The van der Waals surface area contributed by atoms with Gasteiger partial charge in [-0.25, -0.2) is 4.99 Å². The van der Waals surface area contributed by atoms with E-state index < -0.39 is 0 Å². The Balaban J connectivity index is 1.49. The summed E-state index contributed by atoms with van der Waals surface area (Å²) in [5.41, 5.74) is 11.3. The van der Waals surface area contributed by atoms with Gasteiger partial charge in [-0.15, -0.1) is 0 Å². The Morgan fingerprint density at radius 3 is 1.97 bits per heavy atom. The van der Waals surface area contributed by atoms with Gasteiger partial charge in [-0.1, -0.05) is 48.0 Å². The number of nitrogens with zero attached hydrogens (tertiary/aromatic N) is 2. The van der Waals surface area contributed by atoms with Crippen LogP contribution in [0.3, 0.4) is 0 Å². The van der Waals surface area contributed by atoms with Crippen LogP contribution in [0.2, 0.25) is 0 Å². The summed E-state index contributed by atoms with van der Waals surface area (Å²) in [6.45, 7) is 4.69. The van der Waals surface area contributed by atoms with E-state index in [0.717, 1.165) is 56.3 Å². The van der Waals surface area contributed by atoms with E-state index in [9.17, 15) is 0 Å². The quantitative estimate of drug-likeness (QED) is 0.356. The molecule has 1 heterocycles. The molecule has 5 heteroatoms. The summed E-state index contributed by atoms with van der Waals surface area (Å²) in [5.74, 6) is 2.38. The van der Waals surface area contributed by atoms with Gasteiger partial charge in [0.2, 0.25) is 0 Å². The van der Waals surface area contributed by atoms with Crippen molar-refractivity contribution >= 4 is 17.2 Å². The van der Waals surface area contributed by atoms with Crippen LogP contribution in [0.25, 0.3) is 11.1 Å². The predicted molar refractivity (Wildman–Crippen MR) is 142 cm³/mol. The Morgan fingerprint density at radius 2 is 1.31 bits per heavy atom. The summed E-state index contributed by atoms with van der Waals surface area (Å²) in [6.07, 6.45) is 0. The number of hydrazone groups is 1. The molecule has 174 valence electrons. The summed E-state index contributed by atoms with van der Waals surface area (Å²) in [6, 6.07) is 30.7. The highest BCUT2D eigenvalue weighted by atomic mass is 16.5. The van der Waals surface area contributed by atoms with Crippen LogP contribution in [-0.4, -0.2) is 25.3 Å². The third kappa shape index (κ3) is 4.80. The van der Waals surface area contributed by atoms with Gasteiger partial charge in [0.15, 0.2) is 5.84 Å². The highest BCUT2D eigenvalue weighted by Gasteiger charge is 2.18. The molecule has 1 N–H and O–H groups in total. The van der Waals surface area contributed by atoms with Crippen LogP contribution in [0, 0.1) is 6.92 Å². The smallest absolute Gasteiger partial charge is 0.154 e. The van der Waals surface area contributed by atoms with Crippen LogP contribution < -0.4 is 14.9 Å². The van der Waals surface area contributed by atoms with E-state index in [1.807, 2.05) is 49.4 Å². The largest absolute Gasteiger partial charge is 0.497 e. The minimum absolute atomic E-state index is 0.635. The van der Waals surface area contributed by atoms with Crippen molar-refractivity contribution in [3.63, 3.8) is 0 Å². The first-order chi connectivity index (χ1) is 17.1. The Labute approximate surface area is 205 Å². The molecule has 4 aromatic carbocycles. The zero-order valence-corrected chi connectivity index (χ0v) is 20.1. The van der Waals surface area contributed by atoms with Gasteiger partial charge in [0.1, 0.15) is 11.5 Å². The van der Waals surface area contributed by atoms with Crippen molar-refractivity contribution in [1.82, 2.24) is 5.43 Å². The SMILES string of the molecule is CCOc1ccc(C2=Nc3ccc(C)cc3C(c3ccc(-c4ccc(OC)cc4)cc3)=NN2)cc1. The first kappa shape index (κ1) is 22.4. The van der Waals surface area contributed by atoms with Crippen molar-refractivity contribution in [3.8, 4) is 22.6 Å². The molecule has 5 nitrogen and oxygen atoms in total. The van der Waals surface area contributed by atoms with Gasteiger partial charge in [-0.05, 0) is 73.5 Å². The molecule has 0 radical (unpaired) electrons. The van der Waals surface area contributed by atoms with Crippen LogP contribution in [0.4, 0.5) is 5.69 Å². The molecule has 0 amide bonds. The van der Waals surface area contributed by atoms with E-state index in [1.54, 1.807) is 7.11 Å². The van der Waals surface area contributed by atoms with Gasteiger partial charge in [-0.3, -0.25) is 5.43 Å². The summed E-state index contributed by atoms with van der Waals surface area (Å²) >= 11 is 0. The van der Waals surface area contributed by atoms with E-state index in [-0.39, 0.29) is 0 Å². The molecule has 0 aromatic heterocycles. The Hall–Kier alpha value is -4.38. The Kier molecular flexibility index (Phi) is 6.31. The zero-order valence-electron chi connectivity index (χ0n) is 20.1. The molecule has 0 saturated carbocycles. The van der Waals surface area contributed by atoms with Crippen molar-refractivity contribution in [2.75, 3.05) is 13.7 Å². The second-order valence-electron chi connectivity index (χ2n) is 8.32. The van der Waals surface area contributed by atoms with Gasteiger partial charge in [-0.2, -0.15) is 5.10 Å². The van der Waals surface area contributed by atoms with Crippen LogP contribution in [0.1, 0.15) is 29.2 Å². The number of fused-ring (bicyclic) bond motifs is 1. The molecular formula is C30H27N3O2. The van der Waals surface area contributed by atoms with Crippen molar-refractivity contribution in [2.24, 2.45) is 10.1 Å². The first-order valence-electron chi connectivity index (χ1n) is 11.7. The maximum atomic E-state index is 5.58. The number of ether oxygens (including phenoxy) is 2. The summed E-state index contributed by atoms with van der Waals surface area (Å²) in [5, 5.41) is 4.81. The van der Waals surface area contributed by atoms with Crippen LogP contribution in [-0.2, 0) is 0 Å². The predicted octanol–water partition coefficient (Wildman–Crippen LogP) is 6.50. The van der Waals surface area contributed by atoms with Crippen LogP contribution in [0.5, 0.6) is 11.5 Å². The monoisotopic (exact) mass is 461 g/mol.